The topological polar surface area (TPSA) is 79.9 Å². The van der Waals surface area contributed by atoms with Crippen molar-refractivity contribution in [3.8, 4) is 17.2 Å². The number of benzene rings is 2. The molecule has 0 bridgehead atoms. The average molecular weight is 337 g/mol. The maximum absolute atomic E-state index is 12.4. The van der Waals surface area contributed by atoms with E-state index in [1.165, 1.54) is 31.4 Å². The van der Waals surface area contributed by atoms with Crippen molar-refractivity contribution in [1.29, 1.82) is 0 Å². The normalized spacial score (nSPS) is 11.1. The number of ether oxygens (including phenoxy) is 1. The zero-order valence-electron chi connectivity index (χ0n) is 10.3. The molecule has 0 fully saturated rings. The van der Waals surface area contributed by atoms with Crippen molar-refractivity contribution in [2.75, 3.05) is 7.11 Å². The fourth-order valence-electron chi connectivity index (χ4n) is 2.09. The lowest BCUT2D eigenvalue weighted by Gasteiger charge is -2.09. The zero-order chi connectivity index (χ0) is 14.4. The molecule has 0 saturated carbocycles. The van der Waals surface area contributed by atoms with E-state index in [2.05, 4.69) is 15.9 Å². The molecule has 5 nitrogen and oxygen atoms in total. The van der Waals surface area contributed by atoms with Crippen LogP contribution in [0.4, 0.5) is 0 Å². The van der Waals surface area contributed by atoms with Gasteiger partial charge in [0.15, 0.2) is 5.58 Å². The van der Waals surface area contributed by atoms with Gasteiger partial charge in [-0.25, -0.2) is 0 Å². The molecule has 0 saturated heterocycles. The summed E-state index contributed by atoms with van der Waals surface area (Å²) in [5, 5.41) is 19.7. The third-order valence-electron chi connectivity index (χ3n) is 3.03. The van der Waals surface area contributed by atoms with Crippen molar-refractivity contribution in [2.24, 2.45) is 0 Å². The molecule has 3 aromatic rings. The van der Waals surface area contributed by atoms with Gasteiger partial charge >= 0.3 is 0 Å². The van der Waals surface area contributed by atoms with Crippen LogP contribution in [0.1, 0.15) is 0 Å². The zero-order valence-corrected chi connectivity index (χ0v) is 11.9. The summed E-state index contributed by atoms with van der Waals surface area (Å²) in [5.41, 5.74) is 0.0942. The van der Waals surface area contributed by atoms with Crippen LogP contribution in [0.5, 0.6) is 17.2 Å². The number of rotatable bonds is 1. The first kappa shape index (κ1) is 12.8. The maximum Gasteiger partial charge on any atom is 0.204 e. The summed E-state index contributed by atoms with van der Waals surface area (Å²) in [7, 11) is 1.45. The van der Waals surface area contributed by atoms with E-state index in [1.54, 1.807) is 0 Å². The summed E-state index contributed by atoms with van der Waals surface area (Å²) in [4.78, 5) is 12.4. The van der Waals surface area contributed by atoms with E-state index in [-0.39, 0.29) is 27.9 Å². The van der Waals surface area contributed by atoms with Crippen LogP contribution in [-0.2, 0) is 0 Å². The van der Waals surface area contributed by atoms with E-state index in [0.717, 1.165) is 0 Å². The Balaban J connectivity index is 2.59. The van der Waals surface area contributed by atoms with Crippen LogP contribution in [0, 0.1) is 0 Å². The third kappa shape index (κ3) is 1.72. The van der Waals surface area contributed by atoms with Crippen LogP contribution in [-0.4, -0.2) is 17.3 Å². The highest BCUT2D eigenvalue weighted by Gasteiger charge is 2.18. The van der Waals surface area contributed by atoms with Gasteiger partial charge in [0, 0.05) is 6.07 Å². The Kier molecular flexibility index (Phi) is 2.83. The predicted molar refractivity (Wildman–Crippen MR) is 77.6 cm³/mol. The first-order chi connectivity index (χ1) is 9.52. The van der Waals surface area contributed by atoms with Crippen LogP contribution < -0.4 is 10.2 Å². The van der Waals surface area contributed by atoms with E-state index in [0.29, 0.717) is 15.8 Å². The van der Waals surface area contributed by atoms with Gasteiger partial charge in [0.1, 0.15) is 32.7 Å². The molecule has 0 radical (unpaired) electrons. The summed E-state index contributed by atoms with van der Waals surface area (Å²) >= 11 is 3.29. The van der Waals surface area contributed by atoms with Gasteiger partial charge < -0.3 is 19.4 Å². The molecule has 0 aliphatic carbocycles. The number of aromatic hydroxyl groups is 2. The molecule has 0 aliphatic rings. The van der Waals surface area contributed by atoms with Crippen molar-refractivity contribution in [3.63, 3.8) is 0 Å². The molecule has 3 rings (SSSR count). The summed E-state index contributed by atoms with van der Waals surface area (Å²) in [5.74, 6) is 0.0755. The number of fused-ring (bicyclic) bond motifs is 2. The fourth-order valence-corrected chi connectivity index (χ4v) is 2.65. The van der Waals surface area contributed by atoms with E-state index >= 15 is 0 Å². The number of phenolic OH excluding ortho intramolecular Hbond substituents is 2. The summed E-state index contributed by atoms with van der Waals surface area (Å²) in [6.07, 6.45) is 0. The molecule has 1 aromatic heterocycles. The van der Waals surface area contributed by atoms with Gasteiger partial charge in [0.2, 0.25) is 5.43 Å². The molecule has 2 aromatic carbocycles. The second kappa shape index (κ2) is 4.42. The molecule has 0 spiro atoms. The summed E-state index contributed by atoms with van der Waals surface area (Å²) in [6, 6.07) is 5.55. The van der Waals surface area contributed by atoms with Gasteiger partial charge in [-0.15, -0.1) is 0 Å². The first-order valence-electron chi connectivity index (χ1n) is 5.68. The van der Waals surface area contributed by atoms with Crippen molar-refractivity contribution < 1.29 is 19.4 Å². The lowest BCUT2D eigenvalue weighted by molar-refractivity contribution is 0.405. The molecule has 20 heavy (non-hydrogen) atoms. The van der Waals surface area contributed by atoms with Gasteiger partial charge in [-0.1, -0.05) is 0 Å². The van der Waals surface area contributed by atoms with Gasteiger partial charge in [-0.3, -0.25) is 4.79 Å². The highest BCUT2D eigenvalue weighted by atomic mass is 79.9. The van der Waals surface area contributed by atoms with E-state index in [1.807, 2.05) is 0 Å². The standard InChI is InChI=1S/C14H9BrO5/c1-19-10-5-8(17)11-13(18)7-4-6(16)2-3-9(7)20-14(11)12(10)15/h2-5,16-17H,1H3. The Bertz CT molecular complexity index is 898. The minimum atomic E-state index is -0.419. The highest BCUT2D eigenvalue weighted by Crippen LogP contribution is 2.38. The lowest BCUT2D eigenvalue weighted by Crippen LogP contribution is -2.03. The van der Waals surface area contributed by atoms with Gasteiger partial charge in [-0.2, -0.15) is 0 Å². The Morgan fingerprint density at radius 2 is 2.00 bits per heavy atom. The molecule has 0 aliphatic heterocycles. The van der Waals surface area contributed by atoms with E-state index < -0.39 is 5.43 Å². The monoisotopic (exact) mass is 336 g/mol. The largest absolute Gasteiger partial charge is 0.508 e. The van der Waals surface area contributed by atoms with Crippen LogP contribution >= 0.6 is 15.9 Å². The Labute approximate surface area is 121 Å². The molecular formula is C14H9BrO5. The van der Waals surface area contributed by atoms with Crippen LogP contribution in [0.25, 0.3) is 21.9 Å². The quantitative estimate of drug-likeness (QED) is 0.667. The average Bonchev–Trinajstić information content (AvgIpc) is 2.43. The third-order valence-corrected chi connectivity index (χ3v) is 3.78. The molecule has 0 amide bonds. The Morgan fingerprint density at radius 3 is 2.70 bits per heavy atom. The fraction of sp³-hybridized carbons (Fsp3) is 0.0714. The highest BCUT2D eigenvalue weighted by molar-refractivity contribution is 9.10. The summed E-state index contributed by atoms with van der Waals surface area (Å²) < 4.78 is 11.2. The van der Waals surface area contributed by atoms with Crippen molar-refractivity contribution in [1.82, 2.24) is 0 Å². The molecule has 102 valence electrons. The van der Waals surface area contributed by atoms with Gasteiger partial charge in [-0.05, 0) is 34.1 Å². The van der Waals surface area contributed by atoms with Gasteiger partial charge in [0.05, 0.1) is 12.5 Å². The molecule has 0 atom stereocenters. The van der Waals surface area contributed by atoms with E-state index in [9.17, 15) is 15.0 Å². The van der Waals surface area contributed by atoms with Crippen LogP contribution in [0.3, 0.4) is 0 Å². The molecule has 2 N–H and O–H groups in total. The first-order valence-corrected chi connectivity index (χ1v) is 6.47. The van der Waals surface area contributed by atoms with Crippen molar-refractivity contribution >= 4 is 37.9 Å². The molecule has 1 heterocycles. The number of methoxy groups -OCH3 is 1. The minimum absolute atomic E-state index is 0.0378. The Morgan fingerprint density at radius 1 is 1.25 bits per heavy atom. The van der Waals surface area contributed by atoms with E-state index in [4.69, 9.17) is 9.15 Å². The predicted octanol–water partition coefficient (Wildman–Crippen LogP) is 3.13. The molecule has 0 unspecified atom stereocenters. The maximum atomic E-state index is 12.4. The number of phenols is 2. The van der Waals surface area contributed by atoms with Crippen LogP contribution in [0.2, 0.25) is 0 Å². The Hall–Kier alpha value is -2.21. The number of hydrogen-bond donors (Lipinski definition) is 2. The van der Waals surface area contributed by atoms with Gasteiger partial charge in [0.25, 0.3) is 0 Å². The number of hydrogen-bond acceptors (Lipinski definition) is 5. The second-order valence-corrected chi connectivity index (χ2v) is 5.02. The second-order valence-electron chi connectivity index (χ2n) is 4.23. The lowest BCUT2D eigenvalue weighted by atomic mass is 10.1. The smallest absolute Gasteiger partial charge is 0.204 e. The van der Waals surface area contributed by atoms with Crippen molar-refractivity contribution in [2.45, 2.75) is 0 Å². The van der Waals surface area contributed by atoms with Crippen LogP contribution in [0.15, 0.2) is 37.9 Å². The summed E-state index contributed by atoms with van der Waals surface area (Å²) in [6.45, 7) is 0. The van der Waals surface area contributed by atoms with Crippen molar-refractivity contribution in [3.05, 3.63) is 39.0 Å². The number of halogens is 1. The molecular weight excluding hydrogens is 328 g/mol. The SMILES string of the molecule is COc1cc(O)c2c(=O)c3cc(O)ccc3oc2c1Br. The minimum Gasteiger partial charge on any atom is -0.508 e. The molecule has 6 heteroatoms.